The molecule has 1 amide bonds. The molecule has 5 nitrogen and oxygen atoms in total. The van der Waals surface area contributed by atoms with Crippen molar-refractivity contribution < 1.29 is 18.0 Å². The number of nitrogens with two attached hydrogens (primary N) is 1. The second kappa shape index (κ2) is 8.27. The topological polar surface area (TPSA) is 72.9 Å². The van der Waals surface area contributed by atoms with Gasteiger partial charge in [0.25, 0.3) is 5.91 Å². The van der Waals surface area contributed by atoms with E-state index >= 15 is 0 Å². The van der Waals surface area contributed by atoms with Gasteiger partial charge in [0.05, 0.1) is 23.5 Å². The van der Waals surface area contributed by atoms with Crippen LogP contribution in [0.5, 0.6) is 0 Å². The largest absolute Gasteiger partial charge is 0.366 e. The van der Waals surface area contributed by atoms with Gasteiger partial charge in [0, 0.05) is 28.4 Å². The van der Waals surface area contributed by atoms with Crippen molar-refractivity contribution in [1.29, 1.82) is 0 Å². The number of hydrogen-bond acceptors (Lipinski definition) is 4. The molecule has 2 aromatic carbocycles. The zero-order valence-corrected chi connectivity index (χ0v) is 17.1. The van der Waals surface area contributed by atoms with Gasteiger partial charge in [-0.25, -0.2) is 18.2 Å². The predicted molar refractivity (Wildman–Crippen MR) is 114 cm³/mol. The molecule has 4 aromatic rings. The Morgan fingerprint density at radius 2 is 1.81 bits per heavy atom. The van der Waals surface area contributed by atoms with Crippen molar-refractivity contribution in [2.45, 2.75) is 13.5 Å². The van der Waals surface area contributed by atoms with Gasteiger partial charge in [-0.1, -0.05) is 6.07 Å². The lowest BCUT2D eigenvalue weighted by Crippen LogP contribution is -2.13. The van der Waals surface area contributed by atoms with Crippen molar-refractivity contribution in [3.05, 3.63) is 88.2 Å². The highest BCUT2D eigenvalue weighted by Crippen LogP contribution is 2.31. The van der Waals surface area contributed by atoms with Gasteiger partial charge in [-0.2, -0.15) is 0 Å². The lowest BCUT2D eigenvalue weighted by molar-refractivity contribution is 0.0999. The number of nitrogens with zero attached hydrogens (tertiary/aromatic N) is 2. The molecule has 31 heavy (non-hydrogen) atoms. The number of hydrogen-bond donors (Lipinski definition) is 2. The van der Waals surface area contributed by atoms with Crippen molar-refractivity contribution in [2.75, 3.05) is 5.32 Å². The molecule has 158 valence electrons. The summed E-state index contributed by atoms with van der Waals surface area (Å²) in [5.41, 5.74) is 8.38. The summed E-state index contributed by atoms with van der Waals surface area (Å²) in [5, 5.41) is 5.42. The van der Waals surface area contributed by atoms with Crippen LogP contribution in [0.3, 0.4) is 0 Å². The molecule has 2 aromatic heterocycles. The number of anilines is 2. The lowest BCUT2D eigenvalue weighted by atomic mass is 10.2. The van der Waals surface area contributed by atoms with Crippen molar-refractivity contribution >= 4 is 28.1 Å². The molecule has 9 heteroatoms. The smallest absolute Gasteiger partial charge is 0.250 e. The lowest BCUT2D eigenvalue weighted by Gasteiger charge is -2.12. The highest BCUT2D eigenvalue weighted by molar-refractivity contribution is 7.14. The molecule has 0 saturated heterocycles. The maximum atomic E-state index is 14.2. The van der Waals surface area contributed by atoms with Crippen molar-refractivity contribution in [3.8, 4) is 11.4 Å². The molecule has 0 atom stereocenters. The first-order valence-electron chi connectivity index (χ1n) is 9.24. The van der Waals surface area contributed by atoms with Gasteiger partial charge < -0.3 is 15.6 Å². The van der Waals surface area contributed by atoms with Crippen LogP contribution in [0.15, 0.2) is 53.9 Å². The number of halogens is 3. The van der Waals surface area contributed by atoms with E-state index in [2.05, 4.69) is 10.3 Å². The maximum Gasteiger partial charge on any atom is 0.250 e. The van der Waals surface area contributed by atoms with E-state index in [4.69, 9.17) is 5.73 Å². The first-order chi connectivity index (χ1) is 14.8. The minimum Gasteiger partial charge on any atom is -0.366 e. The first kappa shape index (κ1) is 20.7. The number of thiazole rings is 1. The monoisotopic (exact) mass is 442 g/mol. The number of aromatic nitrogens is 2. The third kappa shape index (κ3) is 4.31. The molecule has 2 heterocycles. The van der Waals surface area contributed by atoms with Gasteiger partial charge in [-0.15, -0.1) is 11.3 Å². The number of nitrogens with one attached hydrogen (secondary N) is 1. The van der Waals surface area contributed by atoms with E-state index < -0.39 is 17.5 Å². The molecule has 0 aliphatic carbocycles. The molecule has 0 unspecified atom stereocenters. The average molecular weight is 442 g/mol. The Balaban J connectivity index is 1.70. The van der Waals surface area contributed by atoms with E-state index in [1.54, 1.807) is 35.1 Å². The summed E-state index contributed by atoms with van der Waals surface area (Å²) < 4.78 is 42.3. The summed E-state index contributed by atoms with van der Waals surface area (Å²) in [6.07, 6.45) is 0. The van der Waals surface area contributed by atoms with Crippen LogP contribution >= 0.6 is 11.3 Å². The summed E-state index contributed by atoms with van der Waals surface area (Å²) in [5.74, 6) is -2.31. The number of amides is 1. The molecule has 3 N–H and O–H groups in total. The number of benzene rings is 2. The van der Waals surface area contributed by atoms with Gasteiger partial charge in [0.2, 0.25) is 0 Å². The van der Waals surface area contributed by atoms with E-state index in [1.807, 2.05) is 0 Å². The minimum atomic E-state index is -0.684. The van der Waals surface area contributed by atoms with Crippen LogP contribution in [0.4, 0.5) is 24.0 Å². The Morgan fingerprint density at radius 1 is 1.10 bits per heavy atom. The third-order valence-corrected chi connectivity index (χ3v) is 5.60. The molecule has 0 fully saturated rings. The molecular formula is C22H17F3N4OS. The second-order valence-corrected chi connectivity index (χ2v) is 7.74. The Morgan fingerprint density at radius 3 is 2.48 bits per heavy atom. The van der Waals surface area contributed by atoms with Crippen LogP contribution in [0.1, 0.15) is 21.6 Å². The van der Waals surface area contributed by atoms with Crippen molar-refractivity contribution in [1.82, 2.24) is 9.55 Å². The van der Waals surface area contributed by atoms with E-state index in [1.165, 1.54) is 35.6 Å². The van der Waals surface area contributed by atoms with Crippen LogP contribution in [-0.2, 0) is 6.54 Å². The van der Waals surface area contributed by atoms with Crippen LogP contribution in [0.25, 0.3) is 11.4 Å². The van der Waals surface area contributed by atoms with E-state index in [0.29, 0.717) is 33.5 Å². The summed E-state index contributed by atoms with van der Waals surface area (Å²) in [6.45, 7) is 1.77. The van der Waals surface area contributed by atoms with Crippen LogP contribution < -0.4 is 11.1 Å². The minimum absolute atomic E-state index is 0.0683. The Hall–Kier alpha value is -3.59. The summed E-state index contributed by atoms with van der Waals surface area (Å²) in [4.78, 5) is 16.4. The molecule has 0 bridgehead atoms. The van der Waals surface area contributed by atoms with E-state index in [0.717, 1.165) is 6.07 Å². The van der Waals surface area contributed by atoms with E-state index in [9.17, 15) is 18.0 Å². The molecule has 4 rings (SSSR count). The fourth-order valence-corrected chi connectivity index (χ4v) is 3.96. The van der Waals surface area contributed by atoms with Gasteiger partial charge >= 0.3 is 0 Å². The fraction of sp³-hybridized carbons (Fsp3) is 0.0909. The highest BCUT2D eigenvalue weighted by atomic mass is 32.1. The fourth-order valence-electron chi connectivity index (χ4n) is 3.24. The molecule has 0 radical (unpaired) electrons. The van der Waals surface area contributed by atoms with Gasteiger partial charge in [-0.05, 0) is 43.3 Å². The van der Waals surface area contributed by atoms with Crippen molar-refractivity contribution in [3.63, 3.8) is 0 Å². The maximum absolute atomic E-state index is 14.2. The van der Waals surface area contributed by atoms with Crippen LogP contribution in [-0.4, -0.2) is 15.5 Å². The Bertz CT molecular complexity index is 1260. The van der Waals surface area contributed by atoms with Gasteiger partial charge in [-0.3, -0.25) is 4.79 Å². The van der Waals surface area contributed by atoms with Gasteiger partial charge in [0.15, 0.2) is 5.13 Å². The zero-order chi connectivity index (χ0) is 22.1. The first-order valence-corrected chi connectivity index (χ1v) is 10.1. The van der Waals surface area contributed by atoms with Crippen LogP contribution in [0, 0.1) is 24.4 Å². The third-order valence-electron chi connectivity index (χ3n) is 4.84. The average Bonchev–Trinajstić information content (AvgIpc) is 3.30. The summed E-state index contributed by atoms with van der Waals surface area (Å²) in [7, 11) is 0. The molecule has 0 aliphatic rings. The number of primary amides is 1. The predicted octanol–water partition coefficient (Wildman–Crippen LogP) is 5.23. The van der Waals surface area contributed by atoms with Crippen LogP contribution in [0.2, 0.25) is 0 Å². The number of carbonyl (C=O) groups is 1. The Kier molecular flexibility index (Phi) is 5.51. The van der Waals surface area contributed by atoms with Gasteiger partial charge in [0.1, 0.15) is 17.5 Å². The standard InChI is InChI=1S/C22H17F3N4OS/c1-12-17(21(26)30)9-20(29(12)10-13-2-3-15(24)8-18(13)25)19-11-31-22(28-19)27-16-6-4-14(23)5-7-16/h2-9,11H,10H2,1H3,(H2,26,30)(H,27,28). The summed E-state index contributed by atoms with van der Waals surface area (Å²) in [6, 6.07) is 10.8. The number of carbonyl (C=O) groups excluding carboxylic acids is 1. The molecular weight excluding hydrogens is 425 g/mol. The SMILES string of the molecule is Cc1c(C(N)=O)cc(-c2csc(Nc3ccc(F)cc3)n2)n1Cc1ccc(F)cc1F. The highest BCUT2D eigenvalue weighted by Gasteiger charge is 2.20. The second-order valence-electron chi connectivity index (χ2n) is 6.88. The Labute approximate surface area is 180 Å². The number of rotatable bonds is 6. The molecule has 0 saturated carbocycles. The van der Waals surface area contributed by atoms with Crippen molar-refractivity contribution in [2.24, 2.45) is 5.73 Å². The zero-order valence-electron chi connectivity index (χ0n) is 16.3. The quantitative estimate of drug-likeness (QED) is 0.430. The molecule has 0 aliphatic heterocycles. The summed E-state index contributed by atoms with van der Waals surface area (Å²) >= 11 is 1.32. The van der Waals surface area contributed by atoms with E-state index in [-0.39, 0.29) is 17.9 Å². The normalized spacial score (nSPS) is 11.0. The molecule has 0 spiro atoms.